The summed E-state index contributed by atoms with van der Waals surface area (Å²) >= 11 is 6.29. The Hall–Kier alpha value is -1.22. The molecule has 1 aromatic rings. The number of fused-ring (bicyclic) bond motifs is 1. The van der Waals surface area contributed by atoms with Gasteiger partial charge < -0.3 is 10.0 Å². The van der Waals surface area contributed by atoms with Crippen molar-refractivity contribution >= 4 is 23.3 Å². The van der Waals surface area contributed by atoms with E-state index in [0.717, 1.165) is 18.2 Å². The monoisotopic (exact) mass is 279 g/mol. The first-order chi connectivity index (χ1) is 9.16. The third kappa shape index (κ3) is 2.32. The first-order valence-electron chi connectivity index (χ1n) is 6.96. The highest BCUT2D eigenvalue weighted by molar-refractivity contribution is 6.33. The molecular weight excluding hydrogens is 262 g/mol. The van der Waals surface area contributed by atoms with Gasteiger partial charge in [0.1, 0.15) is 0 Å². The fourth-order valence-electron chi connectivity index (χ4n) is 3.63. The lowest BCUT2D eigenvalue weighted by atomic mass is 9.91. The Morgan fingerprint density at radius 2 is 2.05 bits per heavy atom. The van der Waals surface area contributed by atoms with Crippen LogP contribution in [-0.4, -0.2) is 23.7 Å². The molecule has 0 radical (unpaired) electrons. The van der Waals surface area contributed by atoms with Gasteiger partial charge in [-0.2, -0.15) is 0 Å². The molecule has 19 heavy (non-hydrogen) atoms. The number of rotatable bonds is 2. The molecule has 1 aliphatic heterocycles. The Morgan fingerprint density at radius 3 is 2.79 bits per heavy atom. The van der Waals surface area contributed by atoms with Crippen LogP contribution in [-0.2, 0) is 0 Å². The smallest absolute Gasteiger partial charge is 0.335 e. The van der Waals surface area contributed by atoms with Gasteiger partial charge in [0.2, 0.25) is 0 Å². The van der Waals surface area contributed by atoms with Gasteiger partial charge >= 0.3 is 5.97 Å². The van der Waals surface area contributed by atoms with Gasteiger partial charge in [-0.25, -0.2) is 4.79 Å². The summed E-state index contributed by atoms with van der Waals surface area (Å²) in [4.78, 5) is 13.3. The molecule has 0 bridgehead atoms. The van der Waals surface area contributed by atoms with E-state index < -0.39 is 5.97 Å². The molecule has 1 aliphatic carbocycles. The summed E-state index contributed by atoms with van der Waals surface area (Å²) in [5.74, 6) is -0.130. The van der Waals surface area contributed by atoms with Crippen LogP contribution in [0.3, 0.4) is 0 Å². The van der Waals surface area contributed by atoms with Crippen molar-refractivity contribution in [1.29, 1.82) is 0 Å². The predicted molar refractivity (Wildman–Crippen MR) is 76.1 cm³/mol. The average molecular weight is 280 g/mol. The molecule has 3 nitrogen and oxygen atoms in total. The molecule has 1 saturated heterocycles. The van der Waals surface area contributed by atoms with Crippen molar-refractivity contribution in [1.82, 2.24) is 0 Å². The third-order valence-corrected chi connectivity index (χ3v) is 4.80. The van der Waals surface area contributed by atoms with Gasteiger partial charge in [0, 0.05) is 12.6 Å². The number of halogens is 1. The molecule has 2 fully saturated rings. The standard InChI is InChI=1S/C15H18ClNO2/c16-12-9-11(15(18)19)6-7-14(12)17-8-2-4-10-3-1-5-13(10)17/h6-7,9-10,13H,1-5,8H2,(H,18,19). The van der Waals surface area contributed by atoms with Crippen molar-refractivity contribution in [2.45, 2.75) is 38.1 Å². The average Bonchev–Trinajstić information content (AvgIpc) is 2.86. The number of nitrogens with zero attached hydrogens (tertiary/aromatic N) is 1. The van der Waals surface area contributed by atoms with Crippen LogP contribution in [0.5, 0.6) is 0 Å². The lowest BCUT2D eigenvalue weighted by molar-refractivity contribution is 0.0697. The van der Waals surface area contributed by atoms with Crippen LogP contribution >= 0.6 is 11.6 Å². The number of carbonyl (C=O) groups is 1. The zero-order valence-electron chi connectivity index (χ0n) is 10.8. The lowest BCUT2D eigenvalue weighted by Gasteiger charge is -2.40. The quantitative estimate of drug-likeness (QED) is 0.895. The van der Waals surface area contributed by atoms with Crippen LogP contribution < -0.4 is 4.90 Å². The Morgan fingerprint density at radius 1 is 1.26 bits per heavy atom. The fraction of sp³-hybridized carbons (Fsp3) is 0.533. The first-order valence-corrected chi connectivity index (χ1v) is 7.34. The van der Waals surface area contributed by atoms with E-state index in [1.807, 2.05) is 6.07 Å². The van der Waals surface area contributed by atoms with Crippen molar-refractivity contribution in [3.05, 3.63) is 28.8 Å². The van der Waals surface area contributed by atoms with E-state index in [1.165, 1.54) is 32.1 Å². The molecule has 1 saturated carbocycles. The molecule has 102 valence electrons. The Balaban J connectivity index is 1.90. The molecule has 1 N–H and O–H groups in total. The number of hydrogen-bond donors (Lipinski definition) is 1. The Labute approximate surface area is 118 Å². The predicted octanol–water partition coefficient (Wildman–Crippen LogP) is 3.81. The molecule has 4 heteroatoms. The number of hydrogen-bond acceptors (Lipinski definition) is 2. The van der Waals surface area contributed by atoms with Crippen LogP contribution in [0.2, 0.25) is 5.02 Å². The summed E-state index contributed by atoms with van der Waals surface area (Å²) in [5, 5.41) is 9.55. The van der Waals surface area contributed by atoms with Gasteiger partial charge in [-0.1, -0.05) is 18.0 Å². The van der Waals surface area contributed by atoms with Gasteiger partial charge in [0.05, 0.1) is 16.3 Å². The molecule has 3 rings (SSSR count). The van der Waals surface area contributed by atoms with Gasteiger partial charge in [-0.3, -0.25) is 0 Å². The Bertz CT molecular complexity index is 503. The maximum Gasteiger partial charge on any atom is 0.335 e. The summed E-state index contributed by atoms with van der Waals surface area (Å²) in [6.07, 6.45) is 6.40. The zero-order valence-corrected chi connectivity index (χ0v) is 11.6. The van der Waals surface area contributed by atoms with Crippen molar-refractivity contribution in [3.63, 3.8) is 0 Å². The highest BCUT2D eigenvalue weighted by Gasteiger charge is 2.35. The molecule has 0 amide bonds. The highest BCUT2D eigenvalue weighted by atomic mass is 35.5. The van der Waals surface area contributed by atoms with Gasteiger partial charge in [0.15, 0.2) is 0 Å². The second-order valence-corrected chi connectivity index (χ2v) is 5.97. The van der Waals surface area contributed by atoms with E-state index in [9.17, 15) is 4.79 Å². The molecule has 1 aromatic carbocycles. The van der Waals surface area contributed by atoms with Crippen LogP contribution in [0.4, 0.5) is 5.69 Å². The maximum atomic E-state index is 11.0. The minimum absolute atomic E-state index is 0.258. The highest BCUT2D eigenvalue weighted by Crippen LogP contribution is 2.41. The largest absolute Gasteiger partial charge is 0.478 e. The topological polar surface area (TPSA) is 40.5 Å². The number of carboxylic acids is 1. The van der Waals surface area contributed by atoms with Crippen LogP contribution in [0.15, 0.2) is 18.2 Å². The van der Waals surface area contributed by atoms with Crippen molar-refractivity contribution < 1.29 is 9.90 Å². The van der Waals surface area contributed by atoms with Crippen molar-refractivity contribution in [3.8, 4) is 0 Å². The van der Waals surface area contributed by atoms with Crippen LogP contribution in [0, 0.1) is 5.92 Å². The second kappa shape index (κ2) is 5.04. The van der Waals surface area contributed by atoms with Crippen molar-refractivity contribution in [2.75, 3.05) is 11.4 Å². The number of anilines is 1. The lowest BCUT2D eigenvalue weighted by Crippen LogP contribution is -2.42. The normalized spacial score (nSPS) is 26.3. The van der Waals surface area contributed by atoms with E-state index in [2.05, 4.69) is 4.90 Å². The fourth-order valence-corrected chi connectivity index (χ4v) is 3.92. The van der Waals surface area contributed by atoms with Crippen LogP contribution in [0.1, 0.15) is 42.5 Å². The maximum absolute atomic E-state index is 11.0. The van der Waals surface area contributed by atoms with E-state index >= 15 is 0 Å². The molecule has 2 aliphatic rings. The van der Waals surface area contributed by atoms with E-state index in [1.54, 1.807) is 12.1 Å². The summed E-state index contributed by atoms with van der Waals surface area (Å²) in [7, 11) is 0. The first kappa shape index (κ1) is 12.8. The van der Waals surface area contributed by atoms with E-state index in [0.29, 0.717) is 11.1 Å². The molecular formula is C15H18ClNO2. The third-order valence-electron chi connectivity index (χ3n) is 4.50. The number of benzene rings is 1. The SMILES string of the molecule is O=C(O)c1ccc(N2CCCC3CCCC32)c(Cl)c1. The van der Waals surface area contributed by atoms with Crippen LogP contribution in [0.25, 0.3) is 0 Å². The minimum atomic E-state index is -0.925. The molecule has 2 unspecified atom stereocenters. The summed E-state index contributed by atoms with van der Waals surface area (Å²) in [6, 6.07) is 5.69. The molecule has 2 atom stereocenters. The van der Waals surface area contributed by atoms with Gasteiger partial charge in [0.25, 0.3) is 0 Å². The zero-order chi connectivity index (χ0) is 13.4. The van der Waals surface area contributed by atoms with Gasteiger partial charge in [-0.15, -0.1) is 0 Å². The second-order valence-electron chi connectivity index (χ2n) is 5.57. The summed E-state index contributed by atoms with van der Waals surface area (Å²) < 4.78 is 0. The minimum Gasteiger partial charge on any atom is -0.478 e. The van der Waals surface area contributed by atoms with Crippen molar-refractivity contribution in [2.24, 2.45) is 5.92 Å². The number of piperidine rings is 1. The molecule has 0 aromatic heterocycles. The molecule has 1 heterocycles. The Kier molecular flexibility index (Phi) is 3.40. The summed E-state index contributed by atoms with van der Waals surface area (Å²) in [6.45, 7) is 1.04. The summed E-state index contributed by atoms with van der Waals surface area (Å²) in [5.41, 5.74) is 1.26. The van der Waals surface area contributed by atoms with Gasteiger partial charge in [-0.05, 0) is 49.8 Å². The number of aromatic carboxylic acids is 1. The number of carboxylic acid groups (broad SMARTS) is 1. The molecule has 0 spiro atoms. The van der Waals surface area contributed by atoms with E-state index in [-0.39, 0.29) is 5.56 Å². The van der Waals surface area contributed by atoms with E-state index in [4.69, 9.17) is 16.7 Å².